The van der Waals surface area contributed by atoms with Gasteiger partial charge in [0.05, 0.1) is 5.69 Å². The maximum absolute atomic E-state index is 6.01. The standard InChI is InChI=1S/C17H17BrN2O/c1-3-19-17(14-6-5-13(18)10-20-14)16-9-12-8-11(2)4-7-15(12)21-16/h4-10,17,19H,3H2,1-2H3. The Hall–Kier alpha value is -1.65. The van der Waals surface area contributed by atoms with Gasteiger partial charge in [-0.25, -0.2) is 0 Å². The third-order valence-corrected chi connectivity index (χ3v) is 3.90. The zero-order valence-corrected chi connectivity index (χ0v) is 13.6. The number of fused-ring (bicyclic) bond motifs is 1. The van der Waals surface area contributed by atoms with Crippen LogP contribution >= 0.6 is 15.9 Å². The molecular formula is C17H17BrN2O. The molecule has 0 saturated heterocycles. The van der Waals surface area contributed by atoms with Gasteiger partial charge in [0.25, 0.3) is 0 Å². The monoisotopic (exact) mass is 344 g/mol. The second-order valence-electron chi connectivity index (χ2n) is 5.08. The molecule has 0 aliphatic heterocycles. The van der Waals surface area contributed by atoms with Crippen molar-refractivity contribution in [1.29, 1.82) is 0 Å². The van der Waals surface area contributed by atoms with Crippen LogP contribution in [0.15, 0.2) is 51.5 Å². The van der Waals surface area contributed by atoms with E-state index in [1.807, 2.05) is 24.4 Å². The number of pyridine rings is 1. The molecule has 2 aromatic heterocycles. The molecule has 0 fully saturated rings. The molecule has 0 radical (unpaired) electrons. The smallest absolute Gasteiger partial charge is 0.134 e. The minimum Gasteiger partial charge on any atom is -0.459 e. The number of hydrogen-bond donors (Lipinski definition) is 1. The molecule has 0 aliphatic rings. The van der Waals surface area contributed by atoms with Gasteiger partial charge >= 0.3 is 0 Å². The van der Waals surface area contributed by atoms with E-state index >= 15 is 0 Å². The van der Waals surface area contributed by atoms with Crippen molar-refractivity contribution in [2.75, 3.05) is 6.54 Å². The second kappa shape index (κ2) is 6.00. The Kier molecular flexibility index (Phi) is 4.08. The maximum Gasteiger partial charge on any atom is 0.134 e. The number of furan rings is 1. The lowest BCUT2D eigenvalue weighted by molar-refractivity contribution is 0.471. The summed E-state index contributed by atoms with van der Waals surface area (Å²) in [5.74, 6) is 0.896. The first kappa shape index (κ1) is 14.3. The van der Waals surface area contributed by atoms with Gasteiger partial charge in [-0.3, -0.25) is 4.98 Å². The van der Waals surface area contributed by atoms with Crippen LogP contribution in [-0.2, 0) is 0 Å². The summed E-state index contributed by atoms with van der Waals surface area (Å²) in [6.45, 7) is 5.02. The number of halogens is 1. The molecule has 1 atom stereocenters. The summed E-state index contributed by atoms with van der Waals surface area (Å²) in [5, 5.41) is 4.57. The summed E-state index contributed by atoms with van der Waals surface area (Å²) >= 11 is 3.42. The minimum atomic E-state index is -0.0317. The molecule has 0 spiro atoms. The van der Waals surface area contributed by atoms with E-state index in [0.29, 0.717) is 0 Å². The number of hydrogen-bond acceptors (Lipinski definition) is 3. The van der Waals surface area contributed by atoms with E-state index in [2.05, 4.69) is 58.3 Å². The van der Waals surface area contributed by atoms with E-state index in [9.17, 15) is 0 Å². The van der Waals surface area contributed by atoms with E-state index in [-0.39, 0.29) is 6.04 Å². The van der Waals surface area contributed by atoms with Gasteiger partial charge in [-0.15, -0.1) is 0 Å². The normalized spacial score (nSPS) is 12.7. The highest BCUT2D eigenvalue weighted by Crippen LogP contribution is 2.28. The molecule has 0 bridgehead atoms. The van der Waals surface area contributed by atoms with Crippen LogP contribution in [0.3, 0.4) is 0 Å². The van der Waals surface area contributed by atoms with Gasteiger partial charge in [-0.05, 0) is 59.7 Å². The summed E-state index contributed by atoms with van der Waals surface area (Å²) < 4.78 is 6.98. The number of nitrogens with zero attached hydrogens (tertiary/aromatic N) is 1. The highest BCUT2D eigenvalue weighted by molar-refractivity contribution is 9.10. The lowest BCUT2D eigenvalue weighted by Gasteiger charge is -2.14. The Morgan fingerprint density at radius 1 is 1.24 bits per heavy atom. The summed E-state index contributed by atoms with van der Waals surface area (Å²) in [5.41, 5.74) is 3.10. The van der Waals surface area contributed by atoms with Gasteiger partial charge in [-0.1, -0.05) is 18.6 Å². The van der Waals surface area contributed by atoms with Crippen molar-refractivity contribution in [3.05, 3.63) is 64.1 Å². The molecule has 4 heteroatoms. The van der Waals surface area contributed by atoms with Crippen molar-refractivity contribution in [3.8, 4) is 0 Å². The average molecular weight is 345 g/mol. The molecule has 1 aromatic carbocycles. The number of aromatic nitrogens is 1. The Balaban J connectivity index is 2.04. The Labute approximate surface area is 132 Å². The topological polar surface area (TPSA) is 38.1 Å². The van der Waals surface area contributed by atoms with Crippen LogP contribution in [0, 0.1) is 6.92 Å². The van der Waals surface area contributed by atoms with Crippen molar-refractivity contribution in [3.63, 3.8) is 0 Å². The van der Waals surface area contributed by atoms with E-state index in [4.69, 9.17) is 4.42 Å². The molecule has 0 amide bonds. The van der Waals surface area contributed by atoms with E-state index in [1.165, 1.54) is 5.56 Å². The molecule has 1 unspecified atom stereocenters. The second-order valence-corrected chi connectivity index (χ2v) is 6.00. The van der Waals surface area contributed by atoms with Crippen LogP contribution in [0.2, 0.25) is 0 Å². The van der Waals surface area contributed by atoms with E-state index in [1.54, 1.807) is 0 Å². The fourth-order valence-corrected chi connectivity index (χ4v) is 2.67. The highest BCUT2D eigenvalue weighted by Gasteiger charge is 2.18. The van der Waals surface area contributed by atoms with Gasteiger partial charge in [0.2, 0.25) is 0 Å². The lowest BCUT2D eigenvalue weighted by Crippen LogP contribution is -2.22. The third kappa shape index (κ3) is 3.01. The fourth-order valence-electron chi connectivity index (χ4n) is 2.44. The van der Waals surface area contributed by atoms with Crippen molar-refractivity contribution in [2.24, 2.45) is 0 Å². The van der Waals surface area contributed by atoms with E-state index in [0.717, 1.165) is 33.4 Å². The first-order valence-electron chi connectivity index (χ1n) is 7.02. The van der Waals surface area contributed by atoms with Gasteiger partial charge in [0.1, 0.15) is 17.4 Å². The Morgan fingerprint density at radius 3 is 2.81 bits per heavy atom. The van der Waals surface area contributed by atoms with E-state index < -0.39 is 0 Å². The quantitative estimate of drug-likeness (QED) is 0.751. The van der Waals surface area contributed by atoms with Crippen LogP contribution in [0.4, 0.5) is 0 Å². The van der Waals surface area contributed by atoms with Crippen LogP contribution in [-0.4, -0.2) is 11.5 Å². The van der Waals surface area contributed by atoms with Crippen LogP contribution < -0.4 is 5.32 Å². The molecule has 0 aliphatic carbocycles. The predicted octanol–water partition coefficient (Wildman–Crippen LogP) is 4.60. The SMILES string of the molecule is CCNC(c1ccc(Br)cn1)c1cc2cc(C)ccc2o1. The minimum absolute atomic E-state index is 0.0317. The fraction of sp³-hybridized carbons (Fsp3) is 0.235. The molecular weight excluding hydrogens is 328 g/mol. The summed E-state index contributed by atoms with van der Waals surface area (Å²) in [6, 6.07) is 12.3. The zero-order chi connectivity index (χ0) is 14.8. The molecule has 0 saturated carbocycles. The largest absolute Gasteiger partial charge is 0.459 e. The van der Waals surface area contributed by atoms with Crippen LogP contribution in [0.1, 0.15) is 30.0 Å². The summed E-state index contributed by atoms with van der Waals surface area (Å²) in [6.07, 6.45) is 1.81. The number of aryl methyl sites for hydroxylation is 1. The Bertz CT molecular complexity index is 749. The summed E-state index contributed by atoms with van der Waals surface area (Å²) in [7, 11) is 0. The number of rotatable bonds is 4. The van der Waals surface area contributed by atoms with Crippen molar-refractivity contribution < 1.29 is 4.42 Å². The molecule has 3 nitrogen and oxygen atoms in total. The molecule has 3 aromatic rings. The maximum atomic E-state index is 6.01. The first-order valence-corrected chi connectivity index (χ1v) is 7.81. The third-order valence-electron chi connectivity index (χ3n) is 3.43. The highest BCUT2D eigenvalue weighted by atomic mass is 79.9. The van der Waals surface area contributed by atoms with Crippen LogP contribution in [0.5, 0.6) is 0 Å². The van der Waals surface area contributed by atoms with Gasteiger partial charge in [0, 0.05) is 16.1 Å². The molecule has 3 rings (SSSR count). The first-order chi connectivity index (χ1) is 10.2. The lowest BCUT2D eigenvalue weighted by atomic mass is 10.1. The number of nitrogens with one attached hydrogen (secondary N) is 1. The molecule has 108 valence electrons. The Morgan fingerprint density at radius 2 is 2.10 bits per heavy atom. The zero-order valence-electron chi connectivity index (χ0n) is 12.1. The van der Waals surface area contributed by atoms with Crippen molar-refractivity contribution in [2.45, 2.75) is 19.9 Å². The van der Waals surface area contributed by atoms with Crippen molar-refractivity contribution in [1.82, 2.24) is 10.3 Å². The van der Waals surface area contributed by atoms with Gasteiger partial charge in [0.15, 0.2) is 0 Å². The van der Waals surface area contributed by atoms with Gasteiger partial charge in [-0.2, -0.15) is 0 Å². The predicted molar refractivity (Wildman–Crippen MR) is 88.4 cm³/mol. The average Bonchev–Trinajstić information content (AvgIpc) is 2.88. The van der Waals surface area contributed by atoms with Crippen molar-refractivity contribution >= 4 is 26.9 Å². The molecule has 1 N–H and O–H groups in total. The number of benzene rings is 1. The van der Waals surface area contributed by atoms with Gasteiger partial charge < -0.3 is 9.73 Å². The molecule has 21 heavy (non-hydrogen) atoms. The van der Waals surface area contributed by atoms with Crippen LogP contribution in [0.25, 0.3) is 11.0 Å². The summed E-state index contributed by atoms with van der Waals surface area (Å²) in [4.78, 5) is 4.49. The molecule has 2 heterocycles.